The zero-order chi connectivity index (χ0) is 17.4. The second-order valence-electron chi connectivity index (χ2n) is 6.11. The van der Waals surface area contributed by atoms with Crippen LogP contribution < -0.4 is 10.2 Å². The van der Waals surface area contributed by atoms with Crippen LogP contribution >= 0.6 is 11.6 Å². The topological polar surface area (TPSA) is 49.4 Å². The van der Waals surface area contributed by atoms with Gasteiger partial charge in [-0.3, -0.25) is 9.59 Å². The van der Waals surface area contributed by atoms with Crippen molar-refractivity contribution in [3.05, 3.63) is 40.9 Å². The third-order valence-electron chi connectivity index (χ3n) is 4.23. The molecule has 0 atom stereocenters. The predicted octanol–water partition coefficient (Wildman–Crippen LogP) is 4.09. The van der Waals surface area contributed by atoms with Gasteiger partial charge in [-0.05, 0) is 56.4 Å². The minimum atomic E-state index is -0.0857. The van der Waals surface area contributed by atoms with Crippen LogP contribution in [0.15, 0.2) is 35.9 Å². The molecule has 1 aromatic carbocycles. The lowest BCUT2D eigenvalue weighted by atomic mass is 9.97. The van der Waals surface area contributed by atoms with Gasteiger partial charge in [0.05, 0.1) is 0 Å². The molecule has 0 bridgehead atoms. The summed E-state index contributed by atoms with van der Waals surface area (Å²) in [5, 5.41) is 3.57. The van der Waals surface area contributed by atoms with Crippen molar-refractivity contribution >= 4 is 29.1 Å². The van der Waals surface area contributed by atoms with Gasteiger partial charge in [-0.25, -0.2) is 0 Å². The summed E-state index contributed by atoms with van der Waals surface area (Å²) in [6, 6.07) is 7.06. The first-order valence-corrected chi connectivity index (χ1v) is 8.92. The Labute approximate surface area is 148 Å². The van der Waals surface area contributed by atoms with Gasteiger partial charge in [-0.15, -0.1) is 0 Å². The Morgan fingerprint density at radius 1 is 1.21 bits per heavy atom. The molecule has 0 heterocycles. The number of allylic oxidation sites excluding steroid dienone is 1. The summed E-state index contributed by atoms with van der Waals surface area (Å²) in [4.78, 5) is 25.4. The van der Waals surface area contributed by atoms with Crippen LogP contribution in [0.25, 0.3) is 0 Å². The molecule has 5 heteroatoms. The molecule has 1 aromatic rings. The van der Waals surface area contributed by atoms with E-state index in [1.807, 2.05) is 0 Å². The molecule has 0 spiro atoms. The second-order valence-corrected chi connectivity index (χ2v) is 6.54. The fraction of sp³-hybridized carbons (Fsp3) is 0.474. The average Bonchev–Trinajstić information content (AvgIpc) is 2.57. The number of hydrogen-bond acceptors (Lipinski definition) is 2. The van der Waals surface area contributed by atoms with Crippen LogP contribution in [0.1, 0.15) is 45.4 Å². The molecule has 0 aromatic heterocycles. The number of anilines is 1. The molecular formula is C19H25ClN2O2. The Balaban J connectivity index is 1.76. The number of nitrogens with one attached hydrogen (secondary N) is 1. The third-order valence-corrected chi connectivity index (χ3v) is 4.49. The van der Waals surface area contributed by atoms with Gasteiger partial charge in [0.2, 0.25) is 11.8 Å². The monoisotopic (exact) mass is 348 g/mol. The SMILES string of the molecule is CC(=O)N(CCC(=O)NCCC1=CCCCC1)c1ccc(Cl)cc1. The maximum atomic E-state index is 12.0. The highest BCUT2D eigenvalue weighted by atomic mass is 35.5. The standard InChI is InChI=1S/C19H25ClN2O2/c1-15(23)22(18-9-7-17(20)8-10-18)14-12-19(24)21-13-11-16-5-3-2-4-6-16/h5,7-10H,2-4,6,11-14H2,1H3,(H,21,24). The van der Waals surface area contributed by atoms with Gasteiger partial charge in [-0.2, -0.15) is 0 Å². The van der Waals surface area contributed by atoms with E-state index in [9.17, 15) is 9.59 Å². The maximum absolute atomic E-state index is 12.0. The summed E-state index contributed by atoms with van der Waals surface area (Å²) in [7, 11) is 0. The zero-order valence-corrected chi connectivity index (χ0v) is 14.9. The molecule has 24 heavy (non-hydrogen) atoms. The Morgan fingerprint density at radius 3 is 2.58 bits per heavy atom. The quantitative estimate of drug-likeness (QED) is 0.754. The van der Waals surface area contributed by atoms with E-state index in [2.05, 4.69) is 11.4 Å². The van der Waals surface area contributed by atoms with Crippen molar-refractivity contribution in [3.8, 4) is 0 Å². The molecule has 0 unspecified atom stereocenters. The fourth-order valence-corrected chi connectivity index (χ4v) is 3.01. The van der Waals surface area contributed by atoms with Gasteiger partial charge >= 0.3 is 0 Å². The first-order valence-electron chi connectivity index (χ1n) is 8.54. The minimum Gasteiger partial charge on any atom is -0.356 e. The van der Waals surface area contributed by atoms with E-state index in [4.69, 9.17) is 11.6 Å². The van der Waals surface area contributed by atoms with Crippen LogP contribution in [-0.2, 0) is 9.59 Å². The minimum absolute atomic E-state index is 0.0216. The lowest BCUT2D eigenvalue weighted by Gasteiger charge is -2.21. The number of halogens is 1. The van der Waals surface area contributed by atoms with Crippen LogP contribution in [0.3, 0.4) is 0 Å². The molecule has 4 nitrogen and oxygen atoms in total. The number of hydrogen-bond donors (Lipinski definition) is 1. The van der Waals surface area contributed by atoms with Crippen molar-refractivity contribution < 1.29 is 9.59 Å². The lowest BCUT2D eigenvalue weighted by molar-refractivity contribution is -0.121. The highest BCUT2D eigenvalue weighted by molar-refractivity contribution is 6.30. The summed E-state index contributed by atoms with van der Waals surface area (Å²) in [6.45, 7) is 2.54. The third kappa shape index (κ3) is 6.00. The number of rotatable bonds is 7. The summed E-state index contributed by atoms with van der Waals surface area (Å²) in [5.74, 6) is -0.107. The van der Waals surface area contributed by atoms with Crippen LogP contribution in [0, 0.1) is 0 Å². The van der Waals surface area contributed by atoms with Crippen molar-refractivity contribution in [2.24, 2.45) is 0 Å². The zero-order valence-electron chi connectivity index (χ0n) is 14.2. The molecule has 1 aliphatic carbocycles. The Kier molecular flexibility index (Phi) is 7.32. The second kappa shape index (κ2) is 9.48. The summed E-state index contributed by atoms with van der Waals surface area (Å²) in [6.07, 6.45) is 8.38. The van der Waals surface area contributed by atoms with Crippen molar-refractivity contribution in [1.82, 2.24) is 5.32 Å². The van der Waals surface area contributed by atoms with Crippen LogP contribution in [0.5, 0.6) is 0 Å². The Morgan fingerprint density at radius 2 is 1.96 bits per heavy atom. The first kappa shape index (κ1) is 18.5. The maximum Gasteiger partial charge on any atom is 0.223 e. The normalized spacial score (nSPS) is 14.0. The van der Waals surface area contributed by atoms with E-state index < -0.39 is 0 Å². The van der Waals surface area contributed by atoms with Crippen molar-refractivity contribution in [2.75, 3.05) is 18.0 Å². The molecule has 1 aliphatic rings. The molecule has 0 saturated carbocycles. The average molecular weight is 349 g/mol. The highest BCUT2D eigenvalue weighted by Gasteiger charge is 2.13. The molecule has 0 fully saturated rings. The molecule has 0 aliphatic heterocycles. The lowest BCUT2D eigenvalue weighted by Crippen LogP contribution is -2.34. The molecular weight excluding hydrogens is 324 g/mol. The largest absolute Gasteiger partial charge is 0.356 e. The molecule has 0 saturated heterocycles. The summed E-state index contributed by atoms with van der Waals surface area (Å²) in [5.41, 5.74) is 2.21. The molecule has 1 N–H and O–H groups in total. The first-order chi connectivity index (χ1) is 11.6. The van der Waals surface area contributed by atoms with Crippen LogP contribution in [0.2, 0.25) is 5.02 Å². The Bertz CT molecular complexity index is 596. The number of benzene rings is 1. The van der Waals surface area contributed by atoms with E-state index in [1.165, 1.54) is 25.3 Å². The number of carbonyl (C=O) groups excluding carboxylic acids is 2. The molecule has 130 valence electrons. The van der Waals surface area contributed by atoms with Crippen molar-refractivity contribution in [3.63, 3.8) is 0 Å². The van der Waals surface area contributed by atoms with Gasteiger partial charge in [0.25, 0.3) is 0 Å². The molecule has 0 radical (unpaired) electrons. The number of nitrogens with zero attached hydrogens (tertiary/aromatic N) is 1. The van der Waals surface area contributed by atoms with Crippen molar-refractivity contribution in [2.45, 2.75) is 45.4 Å². The highest BCUT2D eigenvalue weighted by Crippen LogP contribution is 2.20. The Hall–Kier alpha value is -1.81. The fourth-order valence-electron chi connectivity index (χ4n) is 2.89. The van der Waals surface area contributed by atoms with Gasteiger partial charge in [0.1, 0.15) is 0 Å². The van der Waals surface area contributed by atoms with Gasteiger partial charge in [-0.1, -0.05) is 23.3 Å². The molecule has 2 amide bonds. The van der Waals surface area contributed by atoms with Crippen LogP contribution in [0.4, 0.5) is 5.69 Å². The predicted molar refractivity (Wildman–Crippen MR) is 98.3 cm³/mol. The number of amides is 2. The van der Waals surface area contributed by atoms with E-state index in [1.54, 1.807) is 29.2 Å². The van der Waals surface area contributed by atoms with Gasteiger partial charge < -0.3 is 10.2 Å². The summed E-state index contributed by atoms with van der Waals surface area (Å²) < 4.78 is 0. The van der Waals surface area contributed by atoms with E-state index in [0.29, 0.717) is 24.5 Å². The number of carbonyl (C=O) groups is 2. The van der Waals surface area contributed by atoms with Crippen LogP contribution in [-0.4, -0.2) is 24.9 Å². The smallest absolute Gasteiger partial charge is 0.223 e. The van der Waals surface area contributed by atoms with Crippen molar-refractivity contribution in [1.29, 1.82) is 0 Å². The van der Waals surface area contributed by atoms with Gasteiger partial charge in [0, 0.05) is 37.1 Å². The van der Waals surface area contributed by atoms with Gasteiger partial charge in [0.15, 0.2) is 0 Å². The van der Waals surface area contributed by atoms with E-state index in [-0.39, 0.29) is 11.8 Å². The summed E-state index contributed by atoms with van der Waals surface area (Å²) >= 11 is 5.87. The van der Waals surface area contributed by atoms with E-state index in [0.717, 1.165) is 24.9 Å². The molecule has 2 rings (SSSR count). The van der Waals surface area contributed by atoms with E-state index >= 15 is 0 Å².